The number of nitrogen functional groups attached to an aromatic ring is 1. The van der Waals surface area contributed by atoms with E-state index in [0.29, 0.717) is 24.5 Å². The first-order valence-corrected chi connectivity index (χ1v) is 6.72. The van der Waals surface area contributed by atoms with Crippen molar-refractivity contribution in [1.29, 1.82) is 0 Å². The second-order valence-corrected chi connectivity index (χ2v) is 4.71. The molecule has 5 nitrogen and oxygen atoms in total. The van der Waals surface area contributed by atoms with Crippen molar-refractivity contribution in [2.45, 2.75) is 39.4 Å². The fraction of sp³-hybridized carbons (Fsp3) is 0.533. The third kappa shape index (κ3) is 4.74. The van der Waals surface area contributed by atoms with E-state index in [1.807, 2.05) is 26.0 Å². The van der Waals surface area contributed by atoms with Crippen LogP contribution >= 0.6 is 0 Å². The van der Waals surface area contributed by atoms with Gasteiger partial charge in [-0.1, -0.05) is 6.07 Å². The number of rotatable bonds is 7. The SMILES string of the molecule is CCOC(=O)C(Cc1ccc(N)c(OC)c1)OC(C)C. The summed E-state index contributed by atoms with van der Waals surface area (Å²) in [6.45, 7) is 5.88. The van der Waals surface area contributed by atoms with Gasteiger partial charge in [0, 0.05) is 6.42 Å². The minimum absolute atomic E-state index is 0.0555. The van der Waals surface area contributed by atoms with Gasteiger partial charge in [0.25, 0.3) is 0 Å². The molecule has 20 heavy (non-hydrogen) atoms. The molecule has 5 heteroatoms. The Morgan fingerprint density at radius 1 is 1.35 bits per heavy atom. The molecule has 1 unspecified atom stereocenters. The highest BCUT2D eigenvalue weighted by atomic mass is 16.6. The van der Waals surface area contributed by atoms with Crippen LogP contribution in [0, 0.1) is 0 Å². The minimum Gasteiger partial charge on any atom is -0.495 e. The molecule has 0 aromatic heterocycles. The molecule has 0 radical (unpaired) electrons. The number of nitrogens with two attached hydrogens (primary N) is 1. The van der Waals surface area contributed by atoms with Crippen molar-refractivity contribution in [1.82, 2.24) is 0 Å². The van der Waals surface area contributed by atoms with E-state index in [0.717, 1.165) is 5.56 Å². The van der Waals surface area contributed by atoms with Crippen LogP contribution in [0.15, 0.2) is 18.2 Å². The van der Waals surface area contributed by atoms with Gasteiger partial charge in [-0.2, -0.15) is 0 Å². The molecule has 0 bridgehead atoms. The summed E-state index contributed by atoms with van der Waals surface area (Å²) in [4.78, 5) is 11.9. The molecular weight excluding hydrogens is 258 g/mol. The first-order valence-electron chi connectivity index (χ1n) is 6.72. The van der Waals surface area contributed by atoms with Crippen molar-refractivity contribution < 1.29 is 19.0 Å². The number of ether oxygens (including phenoxy) is 3. The van der Waals surface area contributed by atoms with Crippen LogP contribution in [0.5, 0.6) is 5.75 Å². The van der Waals surface area contributed by atoms with Crippen LogP contribution in [-0.2, 0) is 20.7 Å². The smallest absolute Gasteiger partial charge is 0.335 e. The normalized spacial score (nSPS) is 12.2. The van der Waals surface area contributed by atoms with Crippen LogP contribution in [0.4, 0.5) is 5.69 Å². The summed E-state index contributed by atoms with van der Waals surface area (Å²) < 4.78 is 15.8. The summed E-state index contributed by atoms with van der Waals surface area (Å²) in [7, 11) is 1.56. The largest absolute Gasteiger partial charge is 0.495 e. The van der Waals surface area contributed by atoms with Gasteiger partial charge in [-0.05, 0) is 38.5 Å². The predicted octanol–water partition coefficient (Wildman–Crippen LogP) is 2.18. The second kappa shape index (κ2) is 7.75. The van der Waals surface area contributed by atoms with Crippen molar-refractivity contribution in [3.63, 3.8) is 0 Å². The van der Waals surface area contributed by atoms with Gasteiger partial charge < -0.3 is 19.9 Å². The van der Waals surface area contributed by atoms with Gasteiger partial charge in [0.1, 0.15) is 5.75 Å². The van der Waals surface area contributed by atoms with E-state index in [1.54, 1.807) is 20.1 Å². The summed E-state index contributed by atoms with van der Waals surface area (Å²) in [5, 5.41) is 0. The maximum Gasteiger partial charge on any atom is 0.335 e. The van der Waals surface area contributed by atoms with Gasteiger partial charge in [0.2, 0.25) is 0 Å². The molecule has 0 aliphatic carbocycles. The van der Waals surface area contributed by atoms with Crippen LogP contribution < -0.4 is 10.5 Å². The van der Waals surface area contributed by atoms with Crippen LogP contribution in [-0.4, -0.2) is 31.9 Å². The molecule has 0 spiro atoms. The number of methoxy groups -OCH3 is 1. The molecule has 0 aliphatic heterocycles. The topological polar surface area (TPSA) is 70.8 Å². The molecule has 0 saturated carbocycles. The monoisotopic (exact) mass is 281 g/mol. The fourth-order valence-corrected chi connectivity index (χ4v) is 1.85. The highest BCUT2D eigenvalue weighted by molar-refractivity contribution is 5.75. The molecule has 0 aliphatic rings. The Morgan fingerprint density at radius 2 is 2.05 bits per heavy atom. The molecule has 0 heterocycles. The summed E-state index contributed by atoms with van der Waals surface area (Å²) >= 11 is 0. The molecule has 2 N–H and O–H groups in total. The number of carbonyl (C=O) groups is 1. The highest BCUT2D eigenvalue weighted by Gasteiger charge is 2.22. The fourth-order valence-electron chi connectivity index (χ4n) is 1.85. The zero-order valence-corrected chi connectivity index (χ0v) is 12.5. The molecule has 1 aromatic carbocycles. The average molecular weight is 281 g/mol. The molecule has 0 fully saturated rings. The van der Waals surface area contributed by atoms with E-state index in [2.05, 4.69) is 0 Å². The molecule has 1 rings (SSSR count). The van der Waals surface area contributed by atoms with Crippen LogP contribution in [0.25, 0.3) is 0 Å². The standard InChI is InChI=1S/C15H23NO4/c1-5-19-15(17)14(20-10(2)3)9-11-6-7-12(16)13(8-11)18-4/h6-8,10,14H,5,9,16H2,1-4H3. The van der Waals surface area contributed by atoms with Gasteiger partial charge >= 0.3 is 5.97 Å². The quantitative estimate of drug-likeness (QED) is 0.612. The van der Waals surface area contributed by atoms with E-state index in [1.165, 1.54) is 0 Å². The first-order chi connectivity index (χ1) is 9.47. The number of esters is 1. The van der Waals surface area contributed by atoms with Gasteiger partial charge in [-0.25, -0.2) is 4.79 Å². The zero-order chi connectivity index (χ0) is 15.1. The lowest BCUT2D eigenvalue weighted by Gasteiger charge is -2.19. The van der Waals surface area contributed by atoms with Crippen molar-refractivity contribution in [3.8, 4) is 5.75 Å². The third-order valence-corrected chi connectivity index (χ3v) is 2.70. The summed E-state index contributed by atoms with van der Waals surface area (Å²) in [6.07, 6.45) is -0.253. The Bertz CT molecular complexity index is 445. The van der Waals surface area contributed by atoms with E-state index < -0.39 is 6.10 Å². The van der Waals surface area contributed by atoms with Gasteiger partial charge in [-0.3, -0.25) is 0 Å². The average Bonchev–Trinajstić information content (AvgIpc) is 2.39. The summed E-state index contributed by atoms with van der Waals surface area (Å²) in [5.41, 5.74) is 7.25. The van der Waals surface area contributed by atoms with Crippen LogP contribution in [0.2, 0.25) is 0 Å². The number of anilines is 1. The first kappa shape index (κ1) is 16.3. The summed E-state index contributed by atoms with van der Waals surface area (Å²) in [6, 6.07) is 5.42. The van der Waals surface area contributed by atoms with Crippen molar-refractivity contribution in [2.75, 3.05) is 19.5 Å². The van der Waals surface area contributed by atoms with Crippen molar-refractivity contribution in [2.24, 2.45) is 0 Å². The maximum absolute atomic E-state index is 11.9. The summed E-state index contributed by atoms with van der Waals surface area (Å²) in [5.74, 6) is 0.242. The molecule has 1 aromatic rings. The Labute approximate surface area is 120 Å². The van der Waals surface area contributed by atoms with Gasteiger partial charge in [0.05, 0.1) is 25.5 Å². The Morgan fingerprint density at radius 3 is 2.60 bits per heavy atom. The number of hydrogen-bond acceptors (Lipinski definition) is 5. The Balaban J connectivity index is 2.85. The second-order valence-electron chi connectivity index (χ2n) is 4.71. The van der Waals surface area contributed by atoms with Crippen molar-refractivity contribution in [3.05, 3.63) is 23.8 Å². The lowest BCUT2D eigenvalue weighted by molar-refractivity contribution is -0.159. The third-order valence-electron chi connectivity index (χ3n) is 2.70. The van der Waals surface area contributed by atoms with Gasteiger partial charge in [-0.15, -0.1) is 0 Å². The lowest BCUT2D eigenvalue weighted by atomic mass is 10.1. The molecule has 1 atom stereocenters. The van der Waals surface area contributed by atoms with E-state index in [9.17, 15) is 4.79 Å². The molecule has 112 valence electrons. The molecule has 0 saturated heterocycles. The minimum atomic E-state index is -0.622. The number of carbonyl (C=O) groups excluding carboxylic acids is 1. The number of hydrogen-bond donors (Lipinski definition) is 1. The van der Waals surface area contributed by atoms with E-state index in [4.69, 9.17) is 19.9 Å². The Kier molecular flexibility index (Phi) is 6.31. The van der Waals surface area contributed by atoms with E-state index >= 15 is 0 Å². The number of benzene rings is 1. The van der Waals surface area contributed by atoms with Crippen LogP contribution in [0.3, 0.4) is 0 Å². The van der Waals surface area contributed by atoms with E-state index in [-0.39, 0.29) is 12.1 Å². The van der Waals surface area contributed by atoms with Gasteiger partial charge in [0.15, 0.2) is 6.10 Å². The van der Waals surface area contributed by atoms with Crippen LogP contribution in [0.1, 0.15) is 26.3 Å². The predicted molar refractivity (Wildman–Crippen MR) is 77.8 cm³/mol. The lowest BCUT2D eigenvalue weighted by Crippen LogP contribution is -2.31. The maximum atomic E-state index is 11.9. The molecular formula is C15H23NO4. The zero-order valence-electron chi connectivity index (χ0n) is 12.5. The highest BCUT2D eigenvalue weighted by Crippen LogP contribution is 2.23. The van der Waals surface area contributed by atoms with Crippen molar-refractivity contribution >= 4 is 11.7 Å². The Hall–Kier alpha value is -1.75. The molecule has 0 amide bonds.